The normalized spacial score (nSPS) is 14.5. The predicted molar refractivity (Wildman–Crippen MR) is 48.1 cm³/mol. The second-order valence-electron chi connectivity index (χ2n) is 3.00. The lowest BCUT2D eigenvalue weighted by molar-refractivity contribution is 0.619. The molecule has 0 saturated carbocycles. The molecule has 1 aromatic rings. The maximum absolute atomic E-state index is 13.0. The van der Waals surface area contributed by atoms with E-state index in [-0.39, 0.29) is 5.82 Å². The average Bonchev–Trinajstić information content (AvgIpc) is 2.07. The molecule has 1 aromatic carbocycles. The third kappa shape index (κ3) is 1.11. The molecule has 3 heteroatoms. The van der Waals surface area contributed by atoms with Gasteiger partial charge in [-0.2, -0.15) is 0 Å². The van der Waals surface area contributed by atoms with Gasteiger partial charge in [0.1, 0.15) is 5.82 Å². The van der Waals surface area contributed by atoms with Crippen molar-refractivity contribution in [2.24, 2.45) is 0 Å². The van der Waals surface area contributed by atoms with E-state index in [9.17, 15) is 4.39 Å². The number of nitrogens with one attached hydrogen (secondary N) is 2. The molecule has 64 valence electrons. The van der Waals surface area contributed by atoms with E-state index in [0.29, 0.717) is 5.56 Å². The Morgan fingerprint density at radius 2 is 1.75 bits per heavy atom. The van der Waals surface area contributed by atoms with Crippen LogP contribution in [0.25, 0.3) is 0 Å². The zero-order valence-corrected chi connectivity index (χ0v) is 6.95. The third-order valence-corrected chi connectivity index (χ3v) is 2.05. The molecule has 0 saturated heterocycles. The summed E-state index contributed by atoms with van der Waals surface area (Å²) in [5.41, 5.74) is 2.55. The minimum absolute atomic E-state index is 0.148. The molecule has 1 aliphatic heterocycles. The Morgan fingerprint density at radius 1 is 1.17 bits per heavy atom. The smallest absolute Gasteiger partial charge is 0.128 e. The van der Waals surface area contributed by atoms with Crippen molar-refractivity contribution in [3.63, 3.8) is 0 Å². The molecule has 2 nitrogen and oxygen atoms in total. The molecule has 0 atom stereocenters. The van der Waals surface area contributed by atoms with Crippen molar-refractivity contribution in [3.8, 4) is 0 Å². The minimum atomic E-state index is -0.148. The molecule has 0 amide bonds. The summed E-state index contributed by atoms with van der Waals surface area (Å²) in [6.45, 7) is 3.53. The highest BCUT2D eigenvalue weighted by Crippen LogP contribution is 2.26. The van der Waals surface area contributed by atoms with E-state index in [1.807, 2.05) is 6.07 Å². The van der Waals surface area contributed by atoms with Crippen LogP contribution in [-0.2, 0) is 0 Å². The number of benzene rings is 1. The van der Waals surface area contributed by atoms with Gasteiger partial charge in [0, 0.05) is 13.1 Å². The van der Waals surface area contributed by atoms with Crippen molar-refractivity contribution in [2.75, 3.05) is 23.7 Å². The number of hydrogen-bond donors (Lipinski definition) is 2. The first-order valence-electron chi connectivity index (χ1n) is 4.05. The van der Waals surface area contributed by atoms with Crippen molar-refractivity contribution >= 4 is 11.4 Å². The molecule has 0 unspecified atom stereocenters. The van der Waals surface area contributed by atoms with Gasteiger partial charge in [0.25, 0.3) is 0 Å². The summed E-state index contributed by atoms with van der Waals surface area (Å²) in [7, 11) is 0. The van der Waals surface area contributed by atoms with Gasteiger partial charge in [0.15, 0.2) is 0 Å². The maximum atomic E-state index is 13.0. The largest absolute Gasteiger partial charge is 0.382 e. The molecule has 2 N–H and O–H groups in total. The molecule has 0 fully saturated rings. The minimum Gasteiger partial charge on any atom is -0.382 e. The van der Waals surface area contributed by atoms with Gasteiger partial charge in [-0.05, 0) is 24.6 Å². The van der Waals surface area contributed by atoms with E-state index in [2.05, 4.69) is 10.6 Å². The van der Waals surface area contributed by atoms with Crippen molar-refractivity contribution in [2.45, 2.75) is 6.92 Å². The van der Waals surface area contributed by atoms with Crippen molar-refractivity contribution in [3.05, 3.63) is 23.5 Å². The zero-order chi connectivity index (χ0) is 8.55. The zero-order valence-electron chi connectivity index (χ0n) is 6.95. The highest BCUT2D eigenvalue weighted by atomic mass is 19.1. The highest BCUT2D eigenvalue weighted by Gasteiger charge is 2.09. The van der Waals surface area contributed by atoms with Gasteiger partial charge in [-0.1, -0.05) is 0 Å². The van der Waals surface area contributed by atoms with Gasteiger partial charge in [-0.3, -0.25) is 0 Å². The van der Waals surface area contributed by atoms with E-state index in [0.717, 1.165) is 24.5 Å². The lowest BCUT2D eigenvalue weighted by atomic mass is 10.1. The Balaban J connectivity index is 2.49. The molecule has 0 aromatic heterocycles. The molecule has 1 aliphatic rings. The summed E-state index contributed by atoms with van der Waals surface area (Å²) in [5.74, 6) is -0.148. The second kappa shape index (κ2) is 2.66. The van der Waals surface area contributed by atoms with E-state index in [1.165, 1.54) is 6.07 Å². The van der Waals surface area contributed by atoms with Crippen molar-refractivity contribution in [1.29, 1.82) is 0 Å². The van der Waals surface area contributed by atoms with Crippen LogP contribution in [0.15, 0.2) is 12.1 Å². The van der Waals surface area contributed by atoms with Crippen LogP contribution in [0.3, 0.4) is 0 Å². The maximum Gasteiger partial charge on any atom is 0.128 e. The summed E-state index contributed by atoms with van der Waals surface area (Å²) in [5, 5.41) is 6.33. The number of anilines is 2. The summed E-state index contributed by atoms with van der Waals surface area (Å²) in [6, 6.07) is 3.37. The van der Waals surface area contributed by atoms with E-state index >= 15 is 0 Å². The Labute approximate surface area is 70.8 Å². The van der Waals surface area contributed by atoms with Gasteiger partial charge in [0.2, 0.25) is 0 Å². The Bertz CT molecular complexity index is 279. The lowest BCUT2D eigenvalue weighted by Gasteiger charge is -2.20. The van der Waals surface area contributed by atoms with Gasteiger partial charge < -0.3 is 10.6 Å². The van der Waals surface area contributed by atoms with Crippen LogP contribution in [0, 0.1) is 12.7 Å². The first-order chi connectivity index (χ1) is 5.77. The van der Waals surface area contributed by atoms with E-state index < -0.39 is 0 Å². The summed E-state index contributed by atoms with van der Waals surface area (Å²) < 4.78 is 13.0. The van der Waals surface area contributed by atoms with Crippen LogP contribution in [0.4, 0.5) is 15.8 Å². The quantitative estimate of drug-likeness (QED) is 0.615. The highest BCUT2D eigenvalue weighted by molar-refractivity contribution is 5.71. The van der Waals surface area contributed by atoms with Gasteiger partial charge in [0.05, 0.1) is 11.4 Å². The average molecular weight is 166 g/mol. The molecule has 0 aliphatic carbocycles. The molecular weight excluding hydrogens is 155 g/mol. The van der Waals surface area contributed by atoms with Gasteiger partial charge >= 0.3 is 0 Å². The van der Waals surface area contributed by atoms with Crippen LogP contribution in [0.5, 0.6) is 0 Å². The lowest BCUT2D eigenvalue weighted by Crippen LogP contribution is -2.20. The van der Waals surface area contributed by atoms with E-state index in [1.54, 1.807) is 6.92 Å². The summed E-state index contributed by atoms with van der Waals surface area (Å²) >= 11 is 0. The molecule has 0 spiro atoms. The molecule has 1 heterocycles. The number of fused-ring (bicyclic) bond motifs is 1. The van der Waals surface area contributed by atoms with Gasteiger partial charge in [-0.25, -0.2) is 4.39 Å². The van der Waals surface area contributed by atoms with Gasteiger partial charge in [-0.15, -0.1) is 0 Å². The molecular formula is C9H11FN2. The summed E-state index contributed by atoms with van der Waals surface area (Å²) in [4.78, 5) is 0. The molecule has 0 bridgehead atoms. The van der Waals surface area contributed by atoms with Crippen molar-refractivity contribution < 1.29 is 4.39 Å². The monoisotopic (exact) mass is 166 g/mol. The number of rotatable bonds is 0. The third-order valence-electron chi connectivity index (χ3n) is 2.05. The SMILES string of the molecule is Cc1cc2c(cc1F)NCCN2. The number of halogens is 1. The number of aryl methyl sites for hydroxylation is 1. The fraction of sp³-hybridized carbons (Fsp3) is 0.333. The fourth-order valence-electron chi connectivity index (χ4n) is 1.37. The van der Waals surface area contributed by atoms with Crippen LogP contribution in [0.1, 0.15) is 5.56 Å². The standard InChI is InChI=1S/C9H11FN2/c1-6-4-8-9(5-7(6)10)12-3-2-11-8/h4-5,11-12H,2-3H2,1H3. The topological polar surface area (TPSA) is 24.1 Å². The van der Waals surface area contributed by atoms with Crippen molar-refractivity contribution in [1.82, 2.24) is 0 Å². The van der Waals surface area contributed by atoms with Crippen LogP contribution in [0.2, 0.25) is 0 Å². The molecule has 2 rings (SSSR count). The second-order valence-corrected chi connectivity index (χ2v) is 3.00. The Hall–Kier alpha value is -1.25. The van der Waals surface area contributed by atoms with Crippen LogP contribution < -0.4 is 10.6 Å². The van der Waals surface area contributed by atoms with Crippen LogP contribution in [-0.4, -0.2) is 13.1 Å². The number of hydrogen-bond acceptors (Lipinski definition) is 2. The first kappa shape index (κ1) is 7.40. The Morgan fingerprint density at radius 3 is 2.42 bits per heavy atom. The van der Waals surface area contributed by atoms with E-state index in [4.69, 9.17) is 0 Å². The first-order valence-corrected chi connectivity index (χ1v) is 4.05. The molecule has 0 radical (unpaired) electrons. The fourth-order valence-corrected chi connectivity index (χ4v) is 1.37. The molecule has 12 heavy (non-hydrogen) atoms. The Kier molecular flexibility index (Phi) is 1.64. The predicted octanol–water partition coefficient (Wildman–Crippen LogP) is 1.97. The summed E-state index contributed by atoms with van der Waals surface area (Å²) in [6.07, 6.45) is 0. The van der Waals surface area contributed by atoms with Crippen LogP contribution >= 0.6 is 0 Å².